The highest BCUT2D eigenvalue weighted by Crippen LogP contribution is 2.25. The van der Waals surface area contributed by atoms with Gasteiger partial charge in [0, 0.05) is 4.47 Å². The van der Waals surface area contributed by atoms with Gasteiger partial charge in [0.05, 0.1) is 5.69 Å². The number of rotatable bonds is 4. The highest BCUT2D eigenvalue weighted by molar-refractivity contribution is 9.10. The van der Waals surface area contributed by atoms with Crippen molar-refractivity contribution in [3.8, 4) is 28.6 Å². The van der Waals surface area contributed by atoms with Crippen molar-refractivity contribution in [2.75, 3.05) is 0 Å². The predicted molar refractivity (Wildman–Crippen MR) is 108 cm³/mol. The second-order valence-corrected chi connectivity index (χ2v) is 6.97. The summed E-state index contributed by atoms with van der Waals surface area (Å²) in [7, 11) is 0. The molecule has 0 unspecified atom stereocenters. The first-order valence-electron chi connectivity index (χ1n) is 8.55. The number of nitrogens with zero attached hydrogens (tertiary/aromatic N) is 2. The monoisotopic (exact) mass is 472 g/mol. The maximum atomic E-state index is 13.9. The van der Waals surface area contributed by atoms with Crippen molar-refractivity contribution in [1.82, 2.24) is 9.55 Å². The highest BCUT2D eigenvalue weighted by atomic mass is 79.9. The van der Waals surface area contributed by atoms with E-state index in [1.54, 1.807) is 24.3 Å². The van der Waals surface area contributed by atoms with Crippen molar-refractivity contribution in [3.05, 3.63) is 104 Å². The Balaban J connectivity index is 1.67. The van der Waals surface area contributed by atoms with Gasteiger partial charge in [0.15, 0.2) is 0 Å². The van der Waals surface area contributed by atoms with Crippen LogP contribution in [0.4, 0.5) is 8.78 Å². The topological polar surface area (TPSA) is 74.3 Å². The molecule has 0 saturated carbocycles. The zero-order valence-corrected chi connectivity index (χ0v) is 16.6. The van der Waals surface area contributed by atoms with Gasteiger partial charge in [-0.3, -0.25) is 0 Å². The van der Waals surface area contributed by atoms with E-state index in [0.717, 1.165) is 22.7 Å². The molecule has 1 aromatic heterocycles. The van der Waals surface area contributed by atoms with Gasteiger partial charge in [-0.2, -0.15) is 9.55 Å². The lowest BCUT2D eigenvalue weighted by atomic mass is 10.2. The summed E-state index contributed by atoms with van der Waals surface area (Å²) in [6.45, 7) is 0. The molecule has 6 nitrogen and oxygen atoms in total. The number of ether oxygens (including phenoxy) is 1. The van der Waals surface area contributed by atoms with Gasteiger partial charge in [-0.1, -0.05) is 22.0 Å². The molecule has 30 heavy (non-hydrogen) atoms. The summed E-state index contributed by atoms with van der Waals surface area (Å²) in [5, 5.41) is 0. The largest absolute Gasteiger partial charge is 0.457 e. The van der Waals surface area contributed by atoms with Crippen LogP contribution in [-0.4, -0.2) is 9.55 Å². The first-order valence-corrected chi connectivity index (χ1v) is 9.34. The molecular weight excluding hydrogens is 462 g/mol. The highest BCUT2D eigenvalue weighted by Gasteiger charge is 2.18. The van der Waals surface area contributed by atoms with E-state index < -0.39 is 34.5 Å². The molecular formula is C21H11BrF2N2O4. The van der Waals surface area contributed by atoms with E-state index in [9.17, 15) is 18.4 Å². The molecule has 0 amide bonds. The number of halogens is 3. The fourth-order valence-electron chi connectivity index (χ4n) is 2.69. The van der Waals surface area contributed by atoms with Crippen LogP contribution in [-0.2, 0) is 0 Å². The van der Waals surface area contributed by atoms with E-state index in [-0.39, 0.29) is 5.69 Å². The standard InChI is InChI=1S/C21H11BrF2N2O4/c22-12-4-8-14(9-5-12)29-15-10-6-13(7-11-15)26-20(27)25-19(30-21(26)28)18-16(23)2-1-3-17(18)24/h1-11H. The molecule has 4 rings (SSSR count). The van der Waals surface area contributed by atoms with Gasteiger partial charge in [0.2, 0.25) is 5.89 Å². The Morgan fingerprint density at radius 1 is 0.867 bits per heavy atom. The fraction of sp³-hybridized carbons (Fsp3) is 0. The lowest BCUT2D eigenvalue weighted by Crippen LogP contribution is -2.33. The molecule has 150 valence electrons. The summed E-state index contributed by atoms with van der Waals surface area (Å²) in [6, 6.07) is 16.3. The molecule has 0 aliphatic rings. The SMILES string of the molecule is O=c1nc(-c2c(F)cccc2F)oc(=O)n1-c1ccc(Oc2ccc(Br)cc2)cc1. The predicted octanol–water partition coefficient (Wildman–Crippen LogP) is 4.69. The van der Waals surface area contributed by atoms with Crippen LogP contribution in [0.1, 0.15) is 0 Å². The zero-order valence-electron chi connectivity index (χ0n) is 15.0. The first kappa shape index (κ1) is 19.7. The number of aromatic nitrogens is 2. The molecule has 1 heterocycles. The third-order valence-electron chi connectivity index (χ3n) is 4.08. The molecule has 0 fully saturated rings. The summed E-state index contributed by atoms with van der Waals surface area (Å²) in [5.74, 6) is -2.80. The van der Waals surface area contributed by atoms with Crippen molar-refractivity contribution in [3.63, 3.8) is 0 Å². The maximum absolute atomic E-state index is 13.9. The molecule has 0 N–H and O–H groups in total. The van der Waals surface area contributed by atoms with E-state index in [1.165, 1.54) is 12.1 Å². The van der Waals surface area contributed by atoms with Gasteiger partial charge in [-0.15, -0.1) is 0 Å². The van der Waals surface area contributed by atoms with Crippen LogP contribution in [0.15, 0.2) is 85.2 Å². The molecule has 3 aromatic carbocycles. The minimum Gasteiger partial charge on any atom is -0.457 e. The zero-order chi connectivity index (χ0) is 21.3. The second-order valence-electron chi connectivity index (χ2n) is 6.05. The summed E-state index contributed by atoms with van der Waals surface area (Å²) < 4.78 is 39.9. The van der Waals surface area contributed by atoms with Gasteiger partial charge >= 0.3 is 11.4 Å². The van der Waals surface area contributed by atoms with Crippen LogP contribution in [0.5, 0.6) is 11.5 Å². The number of hydrogen-bond donors (Lipinski definition) is 0. The Kier molecular flexibility index (Phi) is 5.28. The summed E-state index contributed by atoms with van der Waals surface area (Å²) in [6.07, 6.45) is 0. The lowest BCUT2D eigenvalue weighted by molar-refractivity contribution is 0.440. The molecule has 0 aliphatic heterocycles. The molecule has 0 bridgehead atoms. The van der Waals surface area contributed by atoms with Crippen molar-refractivity contribution < 1.29 is 17.9 Å². The van der Waals surface area contributed by atoms with Crippen LogP contribution in [0, 0.1) is 11.6 Å². The van der Waals surface area contributed by atoms with E-state index in [0.29, 0.717) is 16.1 Å². The van der Waals surface area contributed by atoms with Crippen molar-refractivity contribution in [2.24, 2.45) is 0 Å². The van der Waals surface area contributed by atoms with Crippen molar-refractivity contribution >= 4 is 15.9 Å². The Bertz CT molecular complexity index is 1280. The average Bonchev–Trinajstić information content (AvgIpc) is 2.70. The van der Waals surface area contributed by atoms with Crippen molar-refractivity contribution in [1.29, 1.82) is 0 Å². The molecule has 0 aliphatic carbocycles. The van der Waals surface area contributed by atoms with E-state index in [1.807, 2.05) is 12.1 Å². The van der Waals surface area contributed by atoms with Crippen molar-refractivity contribution in [2.45, 2.75) is 0 Å². The Morgan fingerprint density at radius 3 is 2.00 bits per heavy atom. The van der Waals surface area contributed by atoms with E-state index >= 15 is 0 Å². The van der Waals surface area contributed by atoms with Crippen LogP contribution >= 0.6 is 15.9 Å². The number of hydrogen-bond acceptors (Lipinski definition) is 5. The smallest absolute Gasteiger partial charge is 0.429 e. The van der Waals surface area contributed by atoms with Gasteiger partial charge in [0.25, 0.3) is 0 Å². The fourth-order valence-corrected chi connectivity index (χ4v) is 2.96. The quantitative estimate of drug-likeness (QED) is 0.430. The van der Waals surface area contributed by atoms with Crippen LogP contribution in [0.25, 0.3) is 17.1 Å². The van der Waals surface area contributed by atoms with E-state index in [2.05, 4.69) is 20.9 Å². The van der Waals surface area contributed by atoms with Crippen LogP contribution in [0.3, 0.4) is 0 Å². The minimum atomic E-state index is -1.13. The minimum absolute atomic E-state index is 0.157. The van der Waals surface area contributed by atoms with Gasteiger partial charge in [-0.05, 0) is 60.7 Å². The number of benzene rings is 3. The third kappa shape index (κ3) is 3.92. The van der Waals surface area contributed by atoms with Gasteiger partial charge in [0.1, 0.15) is 28.7 Å². The Hall–Kier alpha value is -3.59. The third-order valence-corrected chi connectivity index (χ3v) is 4.60. The average molecular weight is 473 g/mol. The first-order chi connectivity index (χ1) is 14.4. The Labute approximate surface area is 176 Å². The molecule has 0 spiro atoms. The summed E-state index contributed by atoms with van der Waals surface area (Å²) in [4.78, 5) is 28.2. The lowest BCUT2D eigenvalue weighted by Gasteiger charge is -2.08. The Morgan fingerprint density at radius 2 is 1.43 bits per heavy atom. The second kappa shape index (κ2) is 8.03. The van der Waals surface area contributed by atoms with Crippen LogP contribution in [0.2, 0.25) is 0 Å². The maximum Gasteiger partial charge on any atom is 0.429 e. The van der Waals surface area contributed by atoms with Gasteiger partial charge < -0.3 is 9.15 Å². The molecule has 9 heteroatoms. The molecule has 4 aromatic rings. The molecule has 0 radical (unpaired) electrons. The normalized spacial score (nSPS) is 10.8. The summed E-state index contributed by atoms with van der Waals surface area (Å²) in [5.41, 5.74) is -1.56. The molecule has 0 saturated heterocycles. The molecule has 0 atom stereocenters. The summed E-state index contributed by atoms with van der Waals surface area (Å²) >= 11 is 3.33. The van der Waals surface area contributed by atoms with E-state index in [4.69, 9.17) is 9.15 Å². The van der Waals surface area contributed by atoms with Crippen LogP contribution < -0.4 is 16.2 Å². The van der Waals surface area contributed by atoms with Gasteiger partial charge in [-0.25, -0.2) is 18.4 Å².